The second kappa shape index (κ2) is 3.69. The van der Waals surface area contributed by atoms with Crippen molar-refractivity contribution in [2.75, 3.05) is 7.11 Å². The summed E-state index contributed by atoms with van der Waals surface area (Å²) in [5.74, 6) is -1.53. The van der Waals surface area contributed by atoms with Crippen molar-refractivity contribution in [2.45, 2.75) is 0 Å². The number of pyridine rings is 1. The largest absolute Gasteiger partial charge is 0.478 e. The lowest BCUT2D eigenvalue weighted by Gasteiger charge is -2.02. The summed E-state index contributed by atoms with van der Waals surface area (Å²) in [6, 6.07) is 6.43. The first-order valence-electron chi connectivity index (χ1n) is 4.56. The second-order valence-electron chi connectivity index (χ2n) is 3.23. The molecule has 0 aliphatic rings. The Morgan fingerprint density at radius 2 is 1.94 bits per heavy atom. The molecule has 0 atom stereocenters. The van der Waals surface area contributed by atoms with Crippen molar-refractivity contribution < 1.29 is 19.4 Å². The monoisotopic (exact) mass is 219 g/mol. The molecule has 2 aromatic rings. The Balaban J connectivity index is 2.64. The number of esters is 1. The molecule has 0 spiro atoms. The van der Waals surface area contributed by atoms with E-state index in [1.165, 1.54) is 23.8 Å². The van der Waals surface area contributed by atoms with Crippen LogP contribution >= 0.6 is 0 Å². The molecule has 0 aromatic carbocycles. The number of ether oxygens (including phenoxy) is 1. The predicted molar refractivity (Wildman–Crippen MR) is 55.7 cm³/mol. The van der Waals surface area contributed by atoms with Gasteiger partial charge in [0, 0.05) is 11.7 Å². The number of nitrogens with zero attached hydrogens (tertiary/aromatic N) is 1. The van der Waals surface area contributed by atoms with Gasteiger partial charge in [-0.05, 0) is 24.3 Å². The Bertz CT molecular complexity index is 570. The van der Waals surface area contributed by atoms with Crippen LogP contribution in [0.5, 0.6) is 0 Å². The number of hydrogen-bond donors (Lipinski definition) is 1. The van der Waals surface area contributed by atoms with Gasteiger partial charge in [0.15, 0.2) is 0 Å². The molecule has 82 valence electrons. The topological polar surface area (TPSA) is 68.0 Å². The summed E-state index contributed by atoms with van der Waals surface area (Å²) in [5.41, 5.74) is 1.17. The van der Waals surface area contributed by atoms with E-state index in [0.717, 1.165) is 5.52 Å². The van der Waals surface area contributed by atoms with Gasteiger partial charge in [0.05, 0.1) is 12.7 Å². The smallest absolute Gasteiger partial charge is 0.355 e. The van der Waals surface area contributed by atoms with Crippen LogP contribution in [0.25, 0.3) is 5.52 Å². The molecule has 0 unspecified atom stereocenters. The third kappa shape index (κ3) is 1.52. The second-order valence-corrected chi connectivity index (χ2v) is 3.23. The number of fused-ring (bicyclic) bond motifs is 1. The normalized spacial score (nSPS) is 10.3. The number of carboxylic acid groups (broad SMARTS) is 1. The molecule has 2 heterocycles. The van der Waals surface area contributed by atoms with Crippen LogP contribution in [0.1, 0.15) is 20.8 Å². The Hall–Kier alpha value is -2.30. The van der Waals surface area contributed by atoms with Gasteiger partial charge < -0.3 is 14.2 Å². The number of methoxy groups -OCH3 is 1. The van der Waals surface area contributed by atoms with Crippen LogP contribution in [0.15, 0.2) is 30.5 Å². The fourth-order valence-corrected chi connectivity index (χ4v) is 1.50. The van der Waals surface area contributed by atoms with Crippen molar-refractivity contribution in [3.63, 3.8) is 0 Å². The third-order valence-electron chi connectivity index (χ3n) is 2.29. The maximum absolute atomic E-state index is 11.4. The highest BCUT2D eigenvalue weighted by Crippen LogP contribution is 2.13. The molecular formula is C11H9NO4. The van der Waals surface area contributed by atoms with Crippen LogP contribution in [0.2, 0.25) is 0 Å². The molecule has 5 heteroatoms. The molecule has 0 aliphatic carbocycles. The van der Waals surface area contributed by atoms with Crippen molar-refractivity contribution >= 4 is 17.5 Å². The van der Waals surface area contributed by atoms with Crippen molar-refractivity contribution in [1.29, 1.82) is 0 Å². The first-order valence-corrected chi connectivity index (χ1v) is 4.56. The van der Waals surface area contributed by atoms with Crippen molar-refractivity contribution in [3.05, 3.63) is 41.7 Å². The molecule has 2 aromatic heterocycles. The Labute approximate surface area is 90.9 Å². The number of carbonyl (C=O) groups is 2. The van der Waals surface area contributed by atoms with Gasteiger partial charge in [-0.15, -0.1) is 0 Å². The minimum Gasteiger partial charge on any atom is -0.478 e. The van der Waals surface area contributed by atoms with E-state index in [9.17, 15) is 9.59 Å². The SMILES string of the molecule is COC(=O)c1ccc2ccc(C(=O)O)cn12. The Morgan fingerprint density at radius 3 is 2.56 bits per heavy atom. The van der Waals surface area contributed by atoms with Crippen LogP contribution in [0.3, 0.4) is 0 Å². The number of rotatable bonds is 2. The molecule has 2 rings (SSSR count). The van der Waals surface area contributed by atoms with Crippen molar-refractivity contribution in [2.24, 2.45) is 0 Å². The zero-order chi connectivity index (χ0) is 11.7. The fourth-order valence-electron chi connectivity index (χ4n) is 1.50. The van der Waals surface area contributed by atoms with Crippen molar-refractivity contribution in [3.8, 4) is 0 Å². The van der Waals surface area contributed by atoms with Gasteiger partial charge in [0.1, 0.15) is 5.69 Å². The molecule has 0 amide bonds. The van der Waals surface area contributed by atoms with Gasteiger partial charge in [0.25, 0.3) is 0 Å². The summed E-state index contributed by atoms with van der Waals surface area (Å²) in [5, 5.41) is 8.84. The highest BCUT2D eigenvalue weighted by molar-refractivity contribution is 5.91. The molecule has 0 saturated heterocycles. The molecule has 0 saturated carbocycles. The predicted octanol–water partition coefficient (Wildman–Crippen LogP) is 1.42. The van der Waals surface area contributed by atoms with E-state index in [4.69, 9.17) is 5.11 Å². The van der Waals surface area contributed by atoms with Crippen molar-refractivity contribution in [1.82, 2.24) is 4.40 Å². The zero-order valence-electron chi connectivity index (χ0n) is 8.51. The highest BCUT2D eigenvalue weighted by atomic mass is 16.5. The minimum absolute atomic E-state index is 0.119. The average molecular weight is 219 g/mol. The van der Waals surface area contributed by atoms with Gasteiger partial charge in [-0.25, -0.2) is 9.59 Å². The van der Waals surface area contributed by atoms with E-state index >= 15 is 0 Å². The molecule has 0 bridgehead atoms. The van der Waals surface area contributed by atoms with Crippen LogP contribution in [0.4, 0.5) is 0 Å². The number of aromatic nitrogens is 1. The molecule has 0 aliphatic heterocycles. The van der Waals surface area contributed by atoms with Gasteiger partial charge in [-0.1, -0.05) is 0 Å². The standard InChI is InChI=1S/C11H9NO4/c1-16-11(15)9-5-4-8-3-2-7(10(13)14)6-12(8)9/h2-6H,1H3,(H,13,14). The Morgan fingerprint density at radius 1 is 1.25 bits per heavy atom. The number of carbonyl (C=O) groups excluding carboxylic acids is 1. The number of hydrogen-bond acceptors (Lipinski definition) is 3. The maximum atomic E-state index is 11.4. The van der Waals surface area contributed by atoms with Crippen LogP contribution in [0, 0.1) is 0 Å². The highest BCUT2D eigenvalue weighted by Gasteiger charge is 2.12. The number of aromatic carboxylic acids is 1. The van der Waals surface area contributed by atoms with Crippen LogP contribution < -0.4 is 0 Å². The summed E-state index contributed by atoms with van der Waals surface area (Å²) in [7, 11) is 1.28. The van der Waals surface area contributed by atoms with E-state index in [2.05, 4.69) is 4.74 Å². The maximum Gasteiger partial charge on any atom is 0.355 e. The van der Waals surface area contributed by atoms with Crippen LogP contribution in [-0.4, -0.2) is 28.6 Å². The van der Waals surface area contributed by atoms with Crippen LogP contribution in [-0.2, 0) is 4.74 Å². The molecule has 5 nitrogen and oxygen atoms in total. The lowest BCUT2D eigenvalue weighted by molar-refractivity contribution is 0.0591. The van der Waals surface area contributed by atoms with E-state index in [-0.39, 0.29) is 5.56 Å². The first-order chi connectivity index (χ1) is 7.63. The number of carboxylic acids is 1. The summed E-state index contributed by atoms with van der Waals surface area (Å²) >= 11 is 0. The van der Waals surface area contributed by atoms with Gasteiger partial charge in [-0.3, -0.25) is 0 Å². The van der Waals surface area contributed by atoms with E-state index in [1.54, 1.807) is 18.2 Å². The molecular weight excluding hydrogens is 210 g/mol. The lowest BCUT2D eigenvalue weighted by Crippen LogP contribution is -2.06. The molecule has 1 N–H and O–H groups in total. The fraction of sp³-hybridized carbons (Fsp3) is 0.0909. The van der Waals surface area contributed by atoms with Gasteiger partial charge in [0.2, 0.25) is 0 Å². The lowest BCUT2D eigenvalue weighted by atomic mass is 10.3. The minimum atomic E-state index is -1.04. The van der Waals surface area contributed by atoms with E-state index < -0.39 is 11.9 Å². The average Bonchev–Trinajstić information content (AvgIpc) is 2.70. The van der Waals surface area contributed by atoms with Gasteiger partial charge >= 0.3 is 11.9 Å². The quantitative estimate of drug-likeness (QED) is 0.775. The molecule has 16 heavy (non-hydrogen) atoms. The molecule has 0 fully saturated rings. The zero-order valence-corrected chi connectivity index (χ0v) is 8.51. The van der Waals surface area contributed by atoms with Gasteiger partial charge in [-0.2, -0.15) is 0 Å². The Kier molecular flexibility index (Phi) is 2.36. The third-order valence-corrected chi connectivity index (χ3v) is 2.29. The first kappa shape index (κ1) is 10.2. The van der Waals surface area contributed by atoms with E-state index in [0.29, 0.717) is 5.69 Å². The molecule has 0 radical (unpaired) electrons. The summed E-state index contributed by atoms with van der Waals surface area (Å²) in [4.78, 5) is 22.2. The van der Waals surface area contributed by atoms with E-state index in [1.807, 2.05) is 0 Å². The summed E-state index contributed by atoms with van der Waals surface area (Å²) in [6.07, 6.45) is 1.39. The summed E-state index contributed by atoms with van der Waals surface area (Å²) < 4.78 is 6.09. The summed E-state index contributed by atoms with van der Waals surface area (Å²) in [6.45, 7) is 0.